The minimum Gasteiger partial charge on any atom is -0.494 e. The van der Waals surface area contributed by atoms with Crippen LogP contribution in [0.15, 0.2) is 17.3 Å². The van der Waals surface area contributed by atoms with Gasteiger partial charge in [0, 0.05) is 0 Å². The molecule has 4 nitrogen and oxygen atoms in total. The van der Waals surface area contributed by atoms with Crippen molar-refractivity contribution in [3.63, 3.8) is 0 Å². The minimum absolute atomic E-state index is 0.204. The van der Waals surface area contributed by atoms with Crippen LogP contribution in [0, 0.1) is 11.8 Å². The second-order valence-electron chi connectivity index (χ2n) is 2.61. The lowest BCUT2D eigenvalue weighted by atomic mass is 10.2. The largest absolute Gasteiger partial charge is 0.494 e. The summed E-state index contributed by atoms with van der Waals surface area (Å²) >= 11 is 0. The normalized spacial score (nSPS) is 9.46. The van der Waals surface area contributed by atoms with Crippen molar-refractivity contribution in [2.24, 2.45) is 5.18 Å². The quantitative estimate of drug-likeness (QED) is 0.672. The van der Waals surface area contributed by atoms with Crippen LogP contribution in [0.2, 0.25) is 0 Å². The van der Waals surface area contributed by atoms with E-state index in [1.165, 1.54) is 14.2 Å². The van der Waals surface area contributed by atoms with Crippen LogP contribution in [0.1, 0.15) is 5.56 Å². The van der Waals surface area contributed by atoms with E-state index in [4.69, 9.17) is 9.47 Å². The first kappa shape index (κ1) is 9.51. The van der Waals surface area contributed by atoms with Crippen molar-refractivity contribution >= 4 is 5.69 Å². The first-order valence-electron chi connectivity index (χ1n) is 3.79. The van der Waals surface area contributed by atoms with E-state index in [2.05, 4.69) is 5.18 Å². The minimum atomic E-state index is 0.204. The van der Waals surface area contributed by atoms with Gasteiger partial charge in [0.1, 0.15) is 0 Å². The number of nitrogens with zero attached hydrogens (tertiary/aromatic N) is 1. The molecular formula is C9H11NO3. The number of aryl methyl sites for hydroxylation is 1. The van der Waals surface area contributed by atoms with Gasteiger partial charge >= 0.3 is 0 Å². The Morgan fingerprint density at radius 1 is 1.15 bits per heavy atom. The number of rotatable bonds is 3. The molecule has 1 rings (SSSR count). The van der Waals surface area contributed by atoms with Crippen molar-refractivity contribution in [3.05, 3.63) is 22.6 Å². The highest BCUT2D eigenvalue weighted by Gasteiger charge is 2.11. The zero-order valence-electron chi connectivity index (χ0n) is 7.83. The highest BCUT2D eigenvalue weighted by Crippen LogP contribution is 2.37. The van der Waals surface area contributed by atoms with E-state index in [0.717, 1.165) is 5.56 Å². The van der Waals surface area contributed by atoms with Crippen LogP contribution < -0.4 is 9.47 Å². The Kier molecular flexibility index (Phi) is 2.84. The lowest BCUT2D eigenvalue weighted by Crippen LogP contribution is -1.89. The maximum Gasteiger partial charge on any atom is 0.191 e. The van der Waals surface area contributed by atoms with Gasteiger partial charge in [0.15, 0.2) is 17.2 Å². The predicted molar refractivity (Wildman–Crippen MR) is 49.7 cm³/mol. The Bertz CT molecular complexity index is 298. The van der Waals surface area contributed by atoms with Crippen LogP contribution in [0.25, 0.3) is 0 Å². The van der Waals surface area contributed by atoms with E-state index in [1.54, 1.807) is 12.1 Å². The number of methoxy groups -OCH3 is 2. The molecule has 0 unspecified atom stereocenters. The fourth-order valence-electron chi connectivity index (χ4n) is 1.11. The van der Waals surface area contributed by atoms with Crippen LogP contribution >= 0.6 is 0 Å². The molecule has 0 aliphatic carbocycles. The third-order valence-corrected chi connectivity index (χ3v) is 1.72. The molecule has 0 heterocycles. The van der Waals surface area contributed by atoms with Crippen molar-refractivity contribution in [1.29, 1.82) is 0 Å². The van der Waals surface area contributed by atoms with Crippen LogP contribution in [0.4, 0.5) is 5.69 Å². The zero-order valence-corrected chi connectivity index (χ0v) is 7.83. The van der Waals surface area contributed by atoms with E-state index in [0.29, 0.717) is 11.5 Å². The third kappa shape index (κ3) is 1.77. The summed E-state index contributed by atoms with van der Waals surface area (Å²) in [6.07, 6.45) is 0. The molecular weight excluding hydrogens is 170 g/mol. The number of ether oxygens (including phenoxy) is 2. The number of benzene rings is 1. The average molecular weight is 181 g/mol. The molecule has 1 aromatic carbocycles. The molecule has 0 atom stereocenters. The van der Waals surface area contributed by atoms with E-state index in [-0.39, 0.29) is 5.69 Å². The summed E-state index contributed by atoms with van der Waals surface area (Å²) in [5, 5.41) is 2.85. The highest BCUT2D eigenvalue weighted by molar-refractivity contribution is 5.63. The van der Waals surface area contributed by atoms with Gasteiger partial charge in [-0.2, -0.15) is 0 Å². The molecule has 70 valence electrons. The topological polar surface area (TPSA) is 47.9 Å². The zero-order chi connectivity index (χ0) is 9.84. The smallest absolute Gasteiger partial charge is 0.191 e. The molecule has 0 saturated carbocycles. The van der Waals surface area contributed by atoms with Crippen molar-refractivity contribution in [3.8, 4) is 11.5 Å². The molecule has 0 spiro atoms. The first-order chi connectivity index (χ1) is 6.22. The van der Waals surface area contributed by atoms with E-state index in [9.17, 15) is 4.91 Å². The van der Waals surface area contributed by atoms with Gasteiger partial charge in [-0.3, -0.25) is 0 Å². The third-order valence-electron chi connectivity index (χ3n) is 1.72. The molecule has 13 heavy (non-hydrogen) atoms. The molecule has 0 aliphatic heterocycles. The standard InChI is InChI=1S/C9H11NO3/c1-6-4-7(12-2)9(10-11)8(5-6)13-3/h4-5H,1-3H3. The van der Waals surface area contributed by atoms with Gasteiger partial charge < -0.3 is 9.47 Å². The lowest BCUT2D eigenvalue weighted by Gasteiger charge is -2.08. The van der Waals surface area contributed by atoms with E-state index < -0.39 is 0 Å². The van der Waals surface area contributed by atoms with E-state index >= 15 is 0 Å². The van der Waals surface area contributed by atoms with Crippen LogP contribution in [0.5, 0.6) is 11.5 Å². The number of nitroso groups, excluding NO2 is 1. The average Bonchev–Trinajstić information content (AvgIpc) is 2.16. The number of hydrogen-bond donors (Lipinski definition) is 0. The Morgan fingerprint density at radius 2 is 1.62 bits per heavy atom. The summed E-state index contributed by atoms with van der Waals surface area (Å²) < 4.78 is 9.97. The summed E-state index contributed by atoms with van der Waals surface area (Å²) in [4.78, 5) is 10.5. The summed E-state index contributed by atoms with van der Waals surface area (Å²) in [5.41, 5.74) is 1.16. The Morgan fingerprint density at radius 3 is 1.92 bits per heavy atom. The SMILES string of the molecule is COc1cc(C)cc(OC)c1N=O. The van der Waals surface area contributed by atoms with Gasteiger partial charge in [0.2, 0.25) is 0 Å². The van der Waals surface area contributed by atoms with Crippen LogP contribution in [-0.2, 0) is 0 Å². The van der Waals surface area contributed by atoms with Gasteiger partial charge in [0.25, 0.3) is 0 Å². The molecule has 0 aromatic heterocycles. The maximum absolute atomic E-state index is 10.5. The fourth-order valence-corrected chi connectivity index (χ4v) is 1.11. The molecule has 1 aromatic rings. The van der Waals surface area contributed by atoms with Gasteiger partial charge in [-0.15, -0.1) is 4.91 Å². The lowest BCUT2D eigenvalue weighted by molar-refractivity contribution is 0.396. The second-order valence-corrected chi connectivity index (χ2v) is 2.61. The molecule has 0 aliphatic rings. The summed E-state index contributed by atoms with van der Waals surface area (Å²) in [6.45, 7) is 1.89. The Hall–Kier alpha value is -1.58. The van der Waals surface area contributed by atoms with Gasteiger partial charge in [-0.1, -0.05) is 0 Å². The molecule has 0 amide bonds. The summed E-state index contributed by atoms with van der Waals surface area (Å²) in [5.74, 6) is 0.874. The predicted octanol–water partition coefficient (Wildman–Crippen LogP) is 2.41. The summed E-state index contributed by atoms with van der Waals surface area (Å²) in [6, 6.07) is 3.47. The maximum atomic E-state index is 10.5. The summed E-state index contributed by atoms with van der Waals surface area (Å²) in [7, 11) is 2.98. The molecule has 0 bridgehead atoms. The Labute approximate surface area is 76.4 Å². The molecule has 0 N–H and O–H groups in total. The van der Waals surface area contributed by atoms with Crippen molar-refractivity contribution in [2.45, 2.75) is 6.92 Å². The first-order valence-corrected chi connectivity index (χ1v) is 3.79. The van der Waals surface area contributed by atoms with E-state index in [1.807, 2.05) is 6.92 Å². The molecule has 0 radical (unpaired) electrons. The van der Waals surface area contributed by atoms with Crippen LogP contribution in [-0.4, -0.2) is 14.2 Å². The van der Waals surface area contributed by atoms with Gasteiger partial charge in [-0.05, 0) is 29.8 Å². The fraction of sp³-hybridized carbons (Fsp3) is 0.333. The number of hydrogen-bond acceptors (Lipinski definition) is 4. The van der Waals surface area contributed by atoms with Crippen molar-refractivity contribution in [1.82, 2.24) is 0 Å². The van der Waals surface area contributed by atoms with Gasteiger partial charge in [-0.25, -0.2) is 0 Å². The Balaban J connectivity index is 3.33. The van der Waals surface area contributed by atoms with Crippen molar-refractivity contribution < 1.29 is 9.47 Å². The monoisotopic (exact) mass is 181 g/mol. The molecule has 0 saturated heterocycles. The second kappa shape index (κ2) is 3.89. The van der Waals surface area contributed by atoms with Gasteiger partial charge in [0.05, 0.1) is 14.2 Å². The molecule has 4 heteroatoms. The van der Waals surface area contributed by atoms with Crippen LogP contribution in [0.3, 0.4) is 0 Å². The highest BCUT2D eigenvalue weighted by atomic mass is 16.5. The van der Waals surface area contributed by atoms with Crippen molar-refractivity contribution in [2.75, 3.05) is 14.2 Å². The molecule has 0 fully saturated rings.